The van der Waals surface area contributed by atoms with E-state index in [1.165, 1.54) is 22.1 Å². The molecule has 0 saturated carbocycles. The molecule has 2 aromatic carbocycles. The van der Waals surface area contributed by atoms with E-state index >= 15 is 0 Å². The molecule has 1 fully saturated rings. The van der Waals surface area contributed by atoms with Gasteiger partial charge in [-0.05, 0) is 85.0 Å². The molecule has 3 aromatic rings. The van der Waals surface area contributed by atoms with Gasteiger partial charge in [-0.3, -0.25) is 4.90 Å². The average molecular weight is 465 g/mol. The number of aryl methyl sites for hydroxylation is 1. The predicted molar refractivity (Wildman–Crippen MR) is 134 cm³/mol. The average Bonchev–Trinajstić information content (AvgIpc) is 3.29. The van der Waals surface area contributed by atoms with Crippen molar-refractivity contribution in [1.82, 2.24) is 9.88 Å². The van der Waals surface area contributed by atoms with Gasteiger partial charge in [0, 0.05) is 49.4 Å². The maximum atomic E-state index is 5.69. The SMILES string of the molecule is COc1ccc2[nH]cc(CC[C@H]3c4cc(OC)c(OC)cc4CCN3CC3CCOCC3)c2c1. The van der Waals surface area contributed by atoms with Crippen molar-refractivity contribution in [3.63, 3.8) is 0 Å². The number of benzene rings is 2. The zero-order valence-corrected chi connectivity index (χ0v) is 20.6. The highest BCUT2D eigenvalue weighted by Gasteiger charge is 2.31. The molecule has 182 valence electrons. The Bertz CT molecular complexity index is 1120. The first-order chi connectivity index (χ1) is 16.7. The topological polar surface area (TPSA) is 56.0 Å². The summed E-state index contributed by atoms with van der Waals surface area (Å²) < 4.78 is 22.4. The zero-order valence-electron chi connectivity index (χ0n) is 20.6. The first-order valence-corrected chi connectivity index (χ1v) is 12.4. The molecule has 0 amide bonds. The van der Waals surface area contributed by atoms with Crippen LogP contribution in [0, 0.1) is 5.92 Å². The highest BCUT2D eigenvalue weighted by molar-refractivity contribution is 5.84. The van der Waals surface area contributed by atoms with Gasteiger partial charge in [-0.1, -0.05) is 0 Å². The predicted octanol–water partition coefficient (Wildman–Crippen LogP) is 5.15. The quantitative estimate of drug-likeness (QED) is 0.500. The maximum Gasteiger partial charge on any atom is 0.161 e. The Balaban J connectivity index is 1.44. The van der Waals surface area contributed by atoms with Crippen LogP contribution in [0.5, 0.6) is 17.2 Å². The Morgan fingerprint density at radius 3 is 2.56 bits per heavy atom. The second-order valence-corrected chi connectivity index (χ2v) is 9.49. The molecule has 1 N–H and O–H groups in total. The van der Waals surface area contributed by atoms with Gasteiger partial charge in [-0.15, -0.1) is 0 Å². The highest BCUT2D eigenvalue weighted by Crippen LogP contribution is 2.41. The summed E-state index contributed by atoms with van der Waals surface area (Å²) in [5, 5.41) is 1.25. The minimum absolute atomic E-state index is 0.349. The van der Waals surface area contributed by atoms with Crippen LogP contribution in [-0.4, -0.2) is 57.5 Å². The van der Waals surface area contributed by atoms with Gasteiger partial charge in [-0.25, -0.2) is 0 Å². The van der Waals surface area contributed by atoms with E-state index in [0.29, 0.717) is 12.0 Å². The first-order valence-electron chi connectivity index (χ1n) is 12.4. The lowest BCUT2D eigenvalue weighted by Crippen LogP contribution is -2.40. The van der Waals surface area contributed by atoms with Crippen LogP contribution in [0.4, 0.5) is 0 Å². The molecule has 1 atom stereocenters. The summed E-state index contributed by atoms with van der Waals surface area (Å²) >= 11 is 0. The molecule has 6 nitrogen and oxygen atoms in total. The maximum absolute atomic E-state index is 5.69. The summed E-state index contributed by atoms with van der Waals surface area (Å²) in [6.07, 6.45) is 7.56. The fourth-order valence-corrected chi connectivity index (χ4v) is 5.68. The molecule has 0 spiro atoms. The molecule has 0 unspecified atom stereocenters. The lowest BCUT2D eigenvalue weighted by Gasteiger charge is -2.40. The third-order valence-corrected chi connectivity index (χ3v) is 7.61. The van der Waals surface area contributed by atoms with E-state index in [2.05, 4.69) is 40.3 Å². The third kappa shape index (κ3) is 4.62. The van der Waals surface area contributed by atoms with Crippen molar-refractivity contribution >= 4 is 10.9 Å². The van der Waals surface area contributed by atoms with Gasteiger partial charge < -0.3 is 23.9 Å². The second kappa shape index (κ2) is 10.3. The molecule has 1 aromatic heterocycles. The van der Waals surface area contributed by atoms with Crippen LogP contribution in [0.25, 0.3) is 10.9 Å². The van der Waals surface area contributed by atoms with Crippen molar-refractivity contribution in [2.24, 2.45) is 5.92 Å². The largest absolute Gasteiger partial charge is 0.497 e. The van der Waals surface area contributed by atoms with E-state index in [4.69, 9.17) is 18.9 Å². The summed E-state index contributed by atoms with van der Waals surface area (Å²) in [6, 6.07) is 11.0. The Morgan fingerprint density at radius 1 is 1.00 bits per heavy atom. The molecule has 34 heavy (non-hydrogen) atoms. The molecule has 0 radical (unpaired) electrons. The van der Waals surface area contributed by atoms with Crippen molar-refractivity contribution in [3.8, 4) is 17.2 Å². The molecule has 0 aliphatic carbocycles. The molecule has 3 heterocycles. The van der Waals surface area contributed by atoms with Crippen molar-refractivity contribution in [2.45, 2.75) is 38.1 Å². The highest BCUT2D eigenvalue weighted by atomic mass is 16.5. The number of aromatic amines is 1. The Morgan fingerprint density at radius 2 is 1.79 bits per heavy atom. The minimum Gasteiger partial charge on any atom is -0.497 e. The minimum atomic E-state index is 0.349. The van der Waals surface area contributed by atoms with E-state index < -0.39 is 0 Å². The number of hydrogen-bond donors (Lipinski definition) is 1. The molecule has 6 heteroatoms. The lowest BCUT2D eigenvalue weighted by molar-refractivity contribution is 0.0423. The van der Waals surface area contributed by atoms with Gasteiger partial charge in [0.25, 0.3) is 0 Å². The van der Waals surface area contributed by atoms with Crippen molar-refractivity contribution in [3.05, 3.63) is 53.2 Å². The molecule has 0 bridgehead atoms. The van der Waals surface area contributed by atoms with E-state index in [1.807, 2.05) is 6.07 Å². The number of H-pyrrole nitrogens is 1. The van der Waals surface area contributed by atoms with Gasteiger partial charge in [0.2, 0.25) is 0 Å². The summed E-state index contributed by atoms with van der Waals surface area (Å²) in [4.78, 5) is 6.15. The van der Waals surface area contributed by atoms with E-state index in [-0.39, 0.29) is 0 Å². The van der Waals surface area contributed by atoms with Crippen LogP contribution in [0.1, 0.15) is 42.0 Å². The molecular weight excluding hydrogens is 428 g/mol. The van der Waals surface area contributed by atoms with Crippen molar-refractivity contribution < 1.29 is 18.9 Å². The number of hydrogen-bond acceptors (Lipinski definition) is 5. The van der Waals surface area contributed by atoms with Crippen LogP contribution in [0.2, 0.25) is 0 Å². The summed E-state index contributed by atoms with van der Waals surface area (Å²) in [5.74, 6) is 3.24. The second-order valence-electron chi connectivity index (χ2n) is 9.49. The van der Waals surface area contributed by atoms with Crippen LogP contribution >= 0.6 is 0 Å². The van der Waals surface area contributed by atoms with E-state index in [0.717, 1.165) is 81.2 Å². The normalized spacial score (nSPS) is 19.2. The van der Waals surface area contributed by atoms with Gasteiger partial charge in [0.15, 0.2) is 11.5 Å². The molecule has 1 saturated heterocycles. The van der Waals surface area contributed by atoms with E-state index in [1.54, 1.807) is 21.3 Å². The summed E-state index contributed by atoms with van der Waals surface area (Å²) in [7, 11) is 5.16. The smallest absolute Gasteiger partial charge is 0.161 e. The summed E-state index contributed by atoms with van der Waals surface area (Å²) in [5.41, 5.74) is 5.26. The Hall–Kier alpha value is -2.70. The van der Waals surface area contributed by atoms with Gasteiger partial charge in [-0.2, -0.15) is 0 Å². The van der Waals surface area contributed by atoms with Crippen LogP contribution in [-0.2, 0) is 17.6 Å². The molecule has 2 aliphatic rings. The van der Waals surface area contributed by atoms with E-state index in [9.17, 15) is 0 Å². The van der Waals surface area contributed by atoms with Gasteiger partial charge in [0.1, 0.15) is 5.75 Å². The fourth-order valence-electron chi connectivity index (χ4n) is 5.68. The zero-order chi connectivity index (χ0) is 23.5. The Labute approximate surface area is 202 Å². The molecule has 5 rings (SSSR count). The molecule has 2 aliphatic heterocycles. The van der Waals surface area contributed by atoms with Crippen LogP contribution in [0.15, 0.2) is 36.5 Å². The third-order valence-electron chi connectivity index (χ3n) is 7.61. The number of aromatic nitrogens is 1. The molecular formula is C28H36N2O4. The number of ether oxygens (including phenoxy) is 4. The van der Waals surface area contributed by atoms with Gasteiger partial charge >= 0.3 is 0 Å². The number of methoxy groups -OCH3 is 3. The number of nitrogens with zero attached hydrogens (tertiary/aromatic N) is 1. The summed E-state index contributed by atoms with van der Waals surface area (Å²) in [6.45, 7) is 3.99. The van der Waals surface area contributed by atoms with Gasteiger partial charge in [0.05, 0.1) is 21.3 Å². The first kappa shape index (κ1) is 23.1. The van der Waals surface area contributed by atoms with Crippen LogP contribution in [0.3, 0.4) is 0 Å². The fraction of sp³-hybridized carbons (Fsp3) is 0.500. The van der Waals surface area contributed by atoms with Crippen molar-refractivity contribution in [2.75, 3.05) is 47.6 Å². The Kier molecular flexibility index (Phi) is 6.97. The standard InChI is InChI=1S/C28H36N2O4/c1-31-22-5-6-25-23(15-22)21(17-29-25)4-7-26-24-16-28(33-3)27(32-2)14-20(24)8-11-30(26)18-19-9-12-34-13-10-19/h5-6,14-17,19,26,29H,4,7-13,18H2,1-3H3/t26-/m0/s1. The number of rotatable bonds is 8. The van der Waals surface area contributed by atoms with Crippen molar-refractivity contribution in [1.29, 1.82) is 0 Å². The number of fused-ring (bicyclic) bond motifs is 2. The lowest BCUT2D eigenvalue weighted by atomic mass is 9.87. The van der Waals surface area contributed by atoms with Crippen LogP contribution < -0.4 is 14.2 Å². The number of nitrogens with one attached hydrogen (secondary N) is 1. The monoisotopic (exact) mass is 464 g/mol.